The van der Waals surface area contributed by atoms with E-state index < -0.39 is 6.10 Å². The van der Waals surface area contributed by atoms with Gasteiger partial charge in [0.15, 0.2) is 0 Å². The summed E-state index contributed by atoms with van der Waals surface area (Å²) >= 11 is 0. The maximum atomic E-state index is 13.2. The third kappa shape index (κ3) is 2.12. The molecule has 1 aliphatic carbocycles. The average Bonchev–Trinajstić information content (AvgIpc) is 2.56. The van der Waals surface area contributed by atoms with E-state index >= 15 is 0 Å². The van der Waals surface area contributed by atoms with Crippen molar-refractivity contribution in [3.05, 3.63) is 29.6 Å². The van der Waals surface area contributed by atoms with Gasteiger partial charge >= 0.3 is 0 Å². The molecule has 1 heterocycles. The highest BCUT2D eigenvalue weighted by Crippen LogP contribution is 2.45. The standard InChI is InChI=1S/C15H19FO2/c16-11-5-6-14-12(9-11)13(17)10-15(18-14)7-3-1-2-4-8-15/h5-6,9,13,17H,1-4,7-8,10H2. The van der Waals surface area contributed by atoms with Gasteiger partial charge in [0.25, 0.3) is 0 Å². The van der Waals surface area contributed by atoms with Crippen molar-refractivity contribution in [2.45, 2.75) is 56.7 Å². The second-order valence-corrected chi connectivity index (χ2v) is 5.60. The SMILES string of the molecule is OC1CC2(CCCCCC2)Oc2ccc(F)cc21. The lowest BCUT2D eigenvalue weighted by atomic mass is 9.83. The summed E-state index contributed by atoms with van der Waals surface area (Å²) in [6, 6.07) is 4.45. The highest BCUT2D eigenvalue weighted by atomic mass is 19.1. The number of halogens is 1. The number of benzene rings is 1. The topological polar surface area (TPSA) is 29.5 Å². The van der Waals surface area contributed by atoms with Crippen LogP contribution >= 0.6 is 0 Å². The van der Waals surface area contributed by atoms with Crippen LogP contribution in [-0.2, 0) is 0 Å². The number of rotatable bonds is 0. The predicted octanol–water partition coefficient (Wildman–Crippen LogP) is 3.73. The second kappa shape index (κ2) is 4.54. The first-order valence-corrected chi connectivity index (χ1v) is 6.85. The summed E-state index contributed by atoms with van der Waals surface area (Å²) in [5, 5.41) is 10.2. The molecule has 2 nitrogen and oxygen atoms in total. The van der Waals surface area contributed by atoms with Gasteiger partial charge in [-0.05, 0) is 43.9 Å². The highest BCUT2D eigenvalue weighted by molar-refractivity contribution is 5.38. The fourth-order valence-electron chi connectivity index (χ4n) is 3.29. The van der Waals surface area contributed by atoms with Crippen molar-refractivity contribution < 1.29 is 14.2 Å². The molecular weight excluding hydrogens is 231 g/mol. The summed E-state index contributed by atoms with van der Waals surface area (Å²) in [5.41, 5.74) is 0.380. The van der Waals surface area contributed by atoms with Gasteiger partial charge in [-0.2, -0.15) is 0 Å². The van der Waals surface area contributed by atoms with E-state index in [9.17, 15) is 9.50 Å². The maximum Gasteiger partial charge on any atom is 0.126 e. The van der Waals surface area contributed by atoms with Crippen LogP contribution in [0, 0.1) is 5.82 Å². The van der Waals surface area contributed by atoms with Crippen molar-refractivity contribution in [3.8, 4) is 5.75 Å². The molecule has 1 unspecified atom stereocenters. The van der Waals surface area contributed by atoms with Gasteiger partial charge in [-0.3, -0.25) is 0 Å². The number of aliphatic hydroxyl groups excluding tert-OH is 1. The third-order valence-electron chi connectivity index (χ3n) is 4.24. The van der Waals surface area contributed by atoms with E-state index in [1.807, 2.05) is 0 Å². The summed E-state index contributed by atoms with van der Waals surface area (Å²) < 4.78 is 19.3. The van der Waals surface area contributed by atoms with Gasteiger partial charge in [-0.15, -0.1) is 0 Å². The normalized spacial score (nSPS) is 26.2. The van der Waals surface area contributed by atoms with Crippen LogP contribution in [0.2, 0.25) is 0 Å². The zero-order valence-corrected chi connectivity index (χ0v) is 10.5. The van der Waals surface area contributed by atoms with E-state index in [1.54, 1.807) is 6.07 Å². The molecular formula is C15H19FO2. The Labute approximate surface area is 107 Å². The van der Waals surface area contributed by atoms with Crippen molar-refractivity contribution in [3.63, 3.8) is 0 Å². The number of aliphatic hydroxyl groups is 1. The molecule has 2 aliphatic rings. The van der Waals surface area contributed by atoms with Crippen LogP contribution in [-0.4, -0.2) is 10.7 Å². The monoisotopic (exact) mass is 250 g/mol. The smallest absolute Gasteiger partial charge is 0.126 e. The number of hydrogen-bond donors (Lipinski definition) is 1. The third-order valence-corrected chi connectivity index (χ3v) is 4.24. The predicted molar refractivity (Wildman–Crippen MR) is 67.0 cm³/mol. The largest absolute Gasteiger partial charge is 0.487 e. The molecule has 0 bridgehead atoms. The van der Waals surface area contributed by atoms with Crippen molar-refractivity contribution in [1.29, 1.82) is 0 Å². The fourth-order valence-corrected chi connectivity index (χ4v) is 3.29. The molecule has 1 atom stereocenters. The van der Waals surface area contributed by atoms with E-state index in [0.29, 0.717) is 17.7 Å². The Hall–Kier alpha value is -1.09. The Morgan fingerprint density at radius 3 is 2.61 bits per heavy atom. The van der Waals surface area contributed by atoms with Crippen LogP contribution in [0.5, 0.6) is 5.75 Å². The van der Waals surface area contributed by atoms with E-state index in [0.717, 1.165) is 25.7 Å². The zero-order chi connectivity index (χ0) is 12.6. The first-order valence-electron chi connectivity index (χ1n) is 6.85. The van der Waals surface area contributed by atoms with E-state index in [1.165, 1.54) is 25.0 Å². The van der Waals surface area contributed by atoms with Gasteiger partial charge in [-0.1, -0.05) is 12.8 Å². The molecule has 0 aromatic heterocycles. The zero-order valence-electron chi connectivity index (χ0n) is 10.5. The van der Waals surface area contributed by atoms with Crippen LogP contribution in [0.25, 0.3) is 0 Å². The molecule has 1 spiro atoms. The van der Waals surface area contributed by atoms with Crippen LogP contribution in [0.4, 0.5) is 4.39 Å². The lowest BCUT2D eigenvalue weighted by Gasteiger charge is -2.40. The summed E-state index contributed by atoms with van der Waals surface area (Å²) in [5.74, 6) is 0.352. The molecule has 1 aromatic carbocycles. The molecule has 1 aromatic rings. The quantitative estimate of drug-likeness (QED) is 0.760. The Kier molecular flexibility index (Phi) is 3.02. The molecule has 0 amide bonds. The molecule has 0 saturated heterocycles. The maximum absolute atomic E-state index is 13.2. The summed E-state index contributed by atoms with van der Waals surface area (Å²) in [6.45, 7) is 0. The van der Waals surface area contributed by atoms with Gasteiger partial charge in [0.2, 0.25) is 0 Å². The van der Waals surface area contributed by atoms with Gasteiger partial charge < -0.3 is 9.84 Å². The van der Waals surface area contributed by atoms with Crippen molar-refractivity contribution >= 4 is 0 Å². The van der Waals surface area contributed by atoms with Crippen LogP contribution in [0.15, 0.2) is 18.2 Å². The molecule has 1 fully saturated rings. The van der Waals surface area contributed by atoms with Gasteiger partial charge in [0, 0.05) is 12.0 Å². The number of hydrogen-bond acceptors (Lipinski definition) is 2. The first kappa shape index (κ1) is 12.0. The first-order chi connectivity index (χ1) is 8.69. The second-order valence-electron chi connectivity index (χ2n) is 5.60. The molecule has 98 valence electrons. The van der Waals surface area contributed by atoms with Crippen LogP contribution < -0.4 is 4.74 Å². The summed E-state index contributed by atoms with van der Waals surface area (Å²) in [6.07, 6.45) is 6.81. The minimum Gasteiger partial charge on any atom is -0.487 e. The Morgan fingerprint density at radius 1 is 1.17 bits per heavy atom. The molecule has 3 rings (SSSR count). The molecule has 0 radical (unpaired) electrons. The Morgan fingerprint density at radius 2 is 1.89 bits per heavy atom. The molecule has 1 N–H and O–H groups in total. The van der Waals surface area contributed by atoms with Gasteiger partial charge in [-0.25, -0.2) is 4.39 Å². The van der Waals surface area contributed by atoms with Gasteiger partial charge in [0.1, 0.15) is 17.2 Å². The Bertz CT molecular complexity index is 436. The number of fused-ring (bicyclic) bond motifs is 1. The van der Waals surface area contributed by atoms with E-state index in [4.69, 9.17) is 4.74 Å². The molecule has 3 heteroatoms. The minimum absolute atomic E-state index is 0.221. The lowest BCUT2D eigenvalue weighted by molar-refractivity contribution is -0.0246. The van der Waals surface area contributed by atoms with Crippen LogP contribution in [0.3, 0.4) is 0 Å². The highest BCUT2D eigenvalue weighted by Gasteiger charge is 2.40. The number of ether oxygens (including phenoxy) is 1. The summed E-state index contributed by atoms with van der Waals surface area (Å²) in [7, 11) is 0. The van der Waals surface area contributed by atoms with E-state index in [-0.39, 0.29) is 11.4 Å². The molecule has 1 saturated carbocycles. The van der Waals surface area contributed by atoms with E-state index in [2.05, 4.69) is 0 Å². The average molecular weight is 250 g/mol. The van der Waals surface area contributed by atoms with Gasteiger partial charge in [0.05, 0.1) is 6.10 Å². The van der Waals surface area contributed by atoms with Crippen molar-refractivity contribution in [2.24, 2.45) is 0 Å². The fraction of sp³-hybridized carbons (Fsp3) is 0.600. The molecule has 18 heavy (non-hydrogen) atoms. The van der Waals surface area contributed by atoms with Crippen molar-refractivity contribution in [1.82, 2.24) is 0 Å². The Balaban J connectivity index is 1.92. The summed E-state index contributed by atoms with van der Waals surface area (Å²) in [4.78, 5) is 0. The lowest BCUT2D eigenvalue weighted by Crippen LogP contribution is -2.40. The van der Waals surface area contributed by atoms with Crippen LogP contribution in [0.1, 0.15) is 56.6 Å². The minimum atomic E-state index is -0.595. The molecule has 1 aliphatic heterocycles. The van der Waals surface area contributed by atoms with Crippen molar-refractivity contribution in [2.75, 3.05) is 0 Å².